The lowest BCUT2D eigenvalue weighted by Gasteiger charge is -2.10. The van der Waals surface area contributed by atoms with Crippen LogP contribution in [0.4, 0.5) is 8.78 Å². The molecule has 0 unspecified atom stereocenters. The molecule has 34 heavy (non-hydrogen) atoms. The van der Waals surface area contributed by atoms with Gasteiger partial charge < -0.3 is 14.2 Å². The average molecular weight is 487 g/mol. The molecule has 1 heterocycles. The Bertz CT molecular complexity index is 1200. The molecule has 1 aromatic heterocycles. The van der Waals surface area contributed by atoms with Crippen LogP contribution in [0, 0.1) is 6.92 Å². The molecule has 9 heteroatoms. The molecule has 0 fully saturated rings. The van der Waals surface area contributed by atoms with Crippen LogP contribution >= 0.6 is 11.8 Å². The zero-order valence-electron chi connectivity index (χ0n) is 19.2. The normalized spacial score (nSPS) is 11.1. The number of nitrogens with zero attached hydrogens (tertiary/aromatic N) is 2. The molecule has 3 rings (SSSR count). The summed E-state index contributed by atoms with van der Waals surface area (Å²) in [6.07, 6.45) is 0.478. The van der Waals surface area contributed by atoms with Crippen LogP contribution in [0.25, 0.3) is 6.08 Å². The second-order valence-corrected chi connectivity index (χ2v) is 8.08. The van der Waals surface area contributed by atoms with Gasteiger partial charge in [0, 0.05) is 17.0 Å². The van der Waals surface area contributed by atoms with E-state index in [0.29, 0.717) is 34.3 Å². The number of ketones is 1. The number of thioether (sulfide) groups is 1. The number of benzene rings is 2. The van der Waals surface area contributed by atoms with Crippen LogP contribution in [-0.2, 0) is 5.75 Å². The van der Waals surface area contributed by atoms with Gasteiger partial charge in [-0.1, -0.05) is 23.9 Å². The zero-order valence-corrected chi connectivity index (χ0v) is 20.0. The van der Waals surface area contributed by atoms with E-state index in [-0.39, 0.29) is 16.6 Å². The standard InChI is InChI=1S/C25H24F2N2O4S/c1-15-11-20(24(26)27)29-25(28-15)34-14-17-12-16(6-9-22(17)32-3)5-8-21(30)19-13-18(31-2)7-10-23(19)33-4/h5-13,24H,14H2,1-4H3/b8-5+. The zero-order chi connectivity index (χ0) is 24.7. The van der Waals surface area contributed by atoms with Gasteiger partial charge in [-0.15, -0.1) is 0 Å². The van der Waals surface area contributed by atoms with Gasteiger partial charge in [0.15, 0.2) is 10.9 Å². The van der Waals surface area contributed by atoms with Crippen molar-refractivity contribution < 1.29 is 27.8 Å². The fraction of sp³-hybridized carbons (Fsp3) is 0.240. The van der Waals surface area contributed by atoms with E-state index in [2.05, 4.69) is 9.97 Å². The molecule has 178 valence electrons. The van der Waals surface area contributed by atoms with E-state index >= 15 is 0 Å². The lowest BCUT2D eigenvalue weighted by Crippen LogP contribution is -2.00. The van der Waals surface area contributed by atoms with Crippen molar-refractivity contribution in [2.24, 2.45) is 0 Å². The van der Waals surface area contributed by atoms with Gasteiger partial charge in [-0.3, -0.25) is 4.79 Å². The van der Waals surface area contributed by atoms with Crippen molar-refractivity contribution in [2.45, 2.75) is 24.3 Å². The van der Waals surface area contributed by atoms with Gasteiger partial charge in [-0.25, -0.2) is 18.7 Å². The topological polar surface area (TPSA) is 70.5 Å². The van der Waals surface area contributed by atoms with Gasteiger partial charge >= 0.3 is 0 Å². The summed E-state index contributed by atoms with van der Waals surface area (Å²) >= 11 is 1.23. The molecule has 0 aliphatic heterocycles. The SMILES string of the molecule is COc1ccc(OC)c(C(=O)/C=C/c2ccc(OC)c(CSc3nc(C)cc(C(F)F)n3)c2)c1. The van der Waals surface area contributed by atoms with Gasteiger partial charge in [0.05, 0.1) is 26.9 Å². The van der Waals surface area contributed by atoms with Crippen LogP contribution in [0.15, 0.2) is 53.7 Å². The molecule has 0 amide bonds. The highest BCUT2D eigenvalue weighted by Crippen LogP contribution is 2.29. The fourth-order valence-corrected chi connectivity index (χ4v) is 4.06. The van der Waals surface area contributed by atoms with Crippen LogP contribution < -0.4 is 14.2 Å². The van der Waals surface area contributed by atoms with Gasteiger partial charge in [0.25, 0.3) is 6.43 Å². The first kappa shape index (κ1) is 25.2. The molecule has 3 aromatic rings. The summed E-state index contributed by atoms with van der Waals surface area (Å²) in [6, 6.07) is 11.8. The minimum Gasteiger partial charge on any atom is -0.497 e. The van der Waals surface area contributed by atoms with Crippen molar-refractivity contribution in [1.82, 2.24) is 9.97 Å². The second kappa shape index (κ2) is 11.6. The quantitative estimate of drug-likeness (QED) is 0.152. The maximum absolute atomic E-state index is 13.1. The number of ether oxygens (including phenoxy) is 3. The number of aromatic nitrogens is 2. The Labute approximate surface area is 201 Å². The Morgan fingerprint density at radius 3 is 2.41 bits per heavy atom. The van der Waals surface area contributed by atoms with Crippen molar-refractivity contribution in [3.05, 3.63) is 76.6 Å². The highest BCUT2D eigenvalue weighted by atomic mass is 32.2. The summed E-state index contributed by atoms with van der Waals surface area (Å²) in [5, 5.41) is 0.263. The Kier molecular flexibility index (Phi) is 8.59. The summed E-state index contributed by atoms with van der Waals surface area (Å²) in [4.78, 5) is 20.9. The predicted molar refractivity (Wildman–Crippen MR) is 127 cm³/mol. The molecule has 2 aromatic carbocycles. The summed E-state index contributed by atoms with van der Waals surface area (Å²) in [5.74, 6) is 1.79. The Hall–Kier alpha value is -3.46. The molecular formula is C25H24F2N2O4S. The predicted octanol–water partition coefficient (Wildman–Crippen LogP) is 5.94. The summed E-state index contributed by atoms with van der Waals surface area (Å²) in [6.45, 7) is 1.65. The van der Waals surface area contributed by atoms with Crippen LogP contribution in [0.5, 0.6) is 17.2 Å². The second-order valence-electron chi connectivity index (χ2n) is 7.14. The third kappa shape index (κ3) is 6.32. The van der Waals surface area contributed by atoms with Crippen molar-refractivity contribution in [1.29, 1.82) is 0 Å². The number of aryl methyl sites for hydroxylation is 1. The lowest BCUT2D eigenvalue weighted by atomic mass is 10.1. The molecule has 0 spiro atoms. The van der Waals surface area contributed by atoms with E-state index in [1.54, 1.807) is 44.4 Å². The van der Waals surface area contributed by atoms with Crippen LogP contribution in [0.1, 0.15) is 39.3 Å². The molecule has 0 bridgehead atoms. The number of hydrogen-bond acceptors (Lipinski definition) is 7. The molecule has 0 saturated heterocycles. The summed E-state index contributed by atoms with van der Waals surface area (Å²) < 4.78 is 42.0. The van der Waals surface area contributed by atoms with E-state index in [4.69, 9.17) is 14.2 Å². The fourth-order valence-electron chi connectivity index (χ4n) is 3.17. The number of halogens is 2. The minimum absolute atomic E-state index is 0.241. The van der Waals surface area contributed by atoms with E-state index < -0.39 is 6.43 Å². The molecule has 0 aliphatic carbocycles. The van der Waals surface area contributed by atoms with E-state index in [9.17, 15) is 13.6 Å². The number of hydrogen-bond donors (Lipinski definition) is 0. The highest BCUT2D eigenvalue weighted by molar-refractivity contribution is 7.98. The molecule has 0 radical (unpaired) electrons. The van der Waals surface area contributed by atoms with Gasteiger partial charge in [-0.2, -0.15) is 0 Å². The third-order valence-electron chi connectivity index (χ3n) is 4.84. The summed E-state index contributed by atoms with van der Waals surface area (Å²) in [7, 11) is 4.58. The Morgan fingerprint density at radius 1 is 1.00 bits per heavy atom. The smallest absolute Gasteiger partial charge is 0.280 e. The molecule has 0 N–H and O–H groups in total. The van der Waals surface area contributed by atoms with Crippen molar-refractivity contribution in [3.8, 4) is 17.2 Å². The number of methoxy groups -OCH3 is 3. The third-order valence-corrected chi connectivity index (χ3v) is 5.73. The van der Waals surface area contributed by atoms with Crippen LogP contribution in [-0.4, -0.2) is 37.1 Å². The molecule has 0 aliphatic rings. The van der Waals surface area contributed by atoms with Gasteiger partial charge in [-0.05, 0) is 55.0 Å². The number of carbonyl (C=O) groups excluding carboxylic acids is 1. The first-order chi connectivity index (χ1) is 16.3. The monoisotopic (exact) mass is 486 g/mol. The number of allylic oxidation sites excluding steroid dienone is 1. The van der Waals surface area contributed by atoms with E-state index in [0.717, 1.165) is 11.1 Å². The maximum atomic E-state index is 13.1. The maximum Gasteiger partial charge on any atom is 0.280 e. The average Bonchev–Trinajstić information content (AvgIpc) is 2.85. The van der Waals surface area contributed by atoms with Crippen molar-refractivity contribution in [2.75, 3.05) is 21.3 Å². The minimum atomic E-state index is -2.66. The first-order valence-corrected chi connectivity index (χ1v) is 11.2. The molecular weight excluding hydrogens is 462 g/mol. The highest BCUT2D eigenvalue weighted by Gasteiger charge is 2.14. The largest absolute Gasteiger partial charge is 0.497 e. The van der Waals surface area contributed by atoms with Gasteiger partial charge in [0.2, 0.25) is 0 Å². The molecule has 6 nitrogen and oxygen atoms in total. The van der Waals surface area contributed by atoms with Crippen LogP contribution in [0.3, 0.4) is 0 Å². The Morgan fingerprint density at radius 2 is 1.74 bits per heavy atom. The van der Waals surface area contributed by atoms with E-state index in [1.165, 1.54) is 38.1 Å². The number of rotatable bonds is 10. The lowest BCUT2D eigenvalue weighted by molar-refractivity contribution is 0.104. The van der Waals surface area contributed by atoms with E-state index in [1.807, 2.05) is 12.1 Å². The van der Waals surface area contributed by atoms with Crippen molar-refractivity contribution in [3.63, 3.8) is 0 Å². The van der Waals surface area contributed by atoms with Crippen LogP contribution in [0.2, 0.25) is 0 Å². The Balaban J connectivity index is 1.80. The van der Waals surface area contributed by atoms with Gasteiger partial charge in [0.1, 0.15) is 22.9 Å². The number of carbonyl (C=O) groups is 1. The molecule has 0 saturated carbocycles. The van der Waals surface area contributed by atoms with Crippen molar-refractivity contribution >= 4 is 23.6 Å². The number of alkyl halides is 2. The molecule has 0 atom stereocenters. The first-order valence-electron chi connectivity index (χ1n) is 10.2. The summed E-state index contributed by atoms with van der Waals surface area (Å²) in [5.41, 5.74) is 2.14.